The molecule has 3 fully saturated rings. The topological polar surface area (TPSA) is 70.5 Å². The van der Waals surface area contributed by atoms with Crippen LogP contribution in [0.4, 0.5) is 0 Å². The molecule has 3 saturated heterocycles. The van der Waals surface area contributed by atoms with E-state index in [4.69, 9.17) is 0 Å². The molecular weight excluding hydrogens is 414 g/mol. The molecule has 7 nitrogen and oxygen atoms in total. The third-order valence-corrected chi connectivity index (χ3v) is 8.30. The van der Waals surface area contributed by atoms with Crippen LogP contribution in [0.15, 0.2) is 24.3 Å². The number of hydrogen-bond donors (Lipinski definition) is 1. The summed E-state index contributed by atoms with van der Waals surface area (Å²) in [5, 5.41) is 3.05. The van der Waals surface area contributed by atoms with Crippen molar-refractivity contribution >= 4 is 22.8 Å². The van der Waals surface area contributed by atoms with Crippen molar-refractivity contribution in [2.45, 2.75) is 70.5 Å². The fourth-order valence-corrected chi connectivity index (χ4v) is 6.82. The second kappa shape index (κ2) is 9.45. The zero-order valence-electron chi connectivity index (χ0n) is 20.0. The molecule has 4 atom stereocenters. The third-order valence-electron chi connectivity index (χ3n) is 8.30. The number of para-hydroxylation sites is 2. The highest BCUT2D eigenvalue weighted by molar-refractivity contribution is 5.77. The summed E-state index contributed by atoms with van der Waals surface area (Å²) in [5.74, 6) is 2.32. The van der Waals surface area contributed by atoms with Gasteiger partial charge >= 0.3 is 0 Å². The lowest BCUT2D eigenvalue weighted by Crippen LogP contribution is -2.65. The standard InChI is InChI=1S/C26H37N5O2/c1-18(32)31-17-19-8-6-14-30-15-7-9-20(26(19)30)22(31)12-5-13-25(33)27-16-24-28-21-10-3-4-11-23(21)29(24)2/h3-4,10-11,19-20,22,26H,5-9,12-17H2,1-2H3,(H,27,33)/t19-,20+,22+,26-/m0/s1. The number of carbonyl (C=O) groups excluding carboxylic acids is 2. The Morgan fingerprint density at radius 1 is 1.15 bits per heavy atom. The fraction of sp³-hybridized carbons (Fsp3) is 0.654. The molecule has 0 spiro atoms. The van der Waals surface area contributed by atoms with Gasteiger partial charge in [-0.3, -0.25) is 14.5 Å². The molecular formula is C26H37N5O2. The van der Waals surface area contributed by atoms with Crippen LogP contribution >= 0.6 is 0 Å². The van der Waals surface area contributed by atoms with Crippen LogP contribution in [0.2, 0.25) is 0 Å². The van der Waals surface area contributed by atoms with E-state index >= 15 is 0 Å². The summed E-state index contributed by atoms with van der Waals surface area (Å²) < 4.78 is 2.04. The van der Waals surface area contributed by atoms with Crippen molar-refractivity contribution in [3.05, 3.63) is 30.1 Å². The minimum absolute atomic E-state index is 0.0630. The molecule has 0 saturated carbocycles. The van der Waals surface area contributed by atoms with E-state index in [1.54, 1.807) is 6.92 Å². The Hall–Kier alpha value is -2.41. The van der Waals surface area contributed by atoms with Gasteiger partial charge in [-0.05, 0) is 75.6 Å². The number of hydrogen-bond acceptors (Lipinski definition) is 4. The van der Waals surface area contributed by atoms with Crippen molar-refractivity contribution in [2.75, 3.05) is 19.6 Å². The Morgan fingerprint density at radius 3 is 2.73 bits per heavy atom. The van der Waals surface area contributed by atoms with E-state index in [1.165, 1.54) is 38.8 Å². The first-order valence-corrected chi connectivity index (χ1v) is 12.7. The zero-order valence-corrected chi connectivity index (χ0v) is 20.0. The Labute approximate surface area is 196 Å². The van der Waals surface area contributed by atoms with Gasteiger partial charge in [0.2, 0.25) is 11.8 Å². The quantitative estimate of drug-likeness (QED) is 0.733. The van der Waals surface area contributed by atoms with Crippen LogP contribution in [0.3, 0.4) is 0 Å². The van der Waals surface area contributed by atoms with Crippen molar-refractivity contribution in [1.82, 2.24) is 24.7 Å². The fourth-order valence-electron chi connectivity index (χ4n) is 6.82. The SMILES string of the molecule is CC(=O)N1C[C@@H]2CCCN3CCC[C@@H]([C@H]23)[C@H]1CCCC(=O)NCc1nc2ccccc2n1C. The van der Waals surface area contributed by atoms with Crippen molar-refractivity contribution in [3.63, 3.8) is 0 Å². The van der Waals surface area contributed by atoms with Crippen LogP contribution in [0.25, 0.3) is 11.0 Å². The largest absolute Gasteiger partial charge is 0.349 e. The normalized spacial score (nSPS) is 27.4. The van der Waals surface area contributed by atoms with E-state index in [0.717, 1.165) is 36.2 Å². The number of nitrogens with one attached hydrogen (secondary N) is 1. The molecule has 0 aliphatic carbocycles. The van der Waals surface area contributed by atoms with E-state index in [2.05, 4.69) is 20.1 Å². The summed E-state index contributed by atoms with van der Waals surface area (Å²) >= 11 is 0. The van der Waals surface area contributed by atoms with Crippen LogP contribution in [0.1, 0.15) is 57.7 Å². The molecule has 33 heavy (non-hydrogen) atoms. The molecule has 2 amide bonds. The van der Waals surface area contributed by atoms with Crippen molar-refractivity contribution in [3.8, 4) is 0 Å². The summed E-state index contributed by atoms with van der Waals surface area (Å²) in [6.07, 6.45) is 7.18. The molecule has 2 aromatic rings. The molecule has 3 aliphatic heterocycles. The first-order chi connectivity index (χ1) is 16.0. The van der Waals surface area contributed by atoms with Gasteiger partial charge in [-0.1, -0.05) is 12.1 Å². The maximum absolute atomic E-state index is 12.6. The third kappa shape index (κ3) is 4.39. The van der Waals surface area contributed by atoms with E-state index in [1.807, 2.05) is 35.9 Å². The molecule has 178 valence electrons. The number of nitrogens with zero attached hydrogens (tertiary/aromatic N) is 4. The smallest absolute Gasteiger partial charge is 0.220 e. The van der Waals surface area contributed by atoms with Gasteiger partial charge in [0.05, 0.1) is 17.6 Å². The molecule has 3 aliphatic rings. The molecule has 1 aromatic carbocycles. The van der Waals surface area contributed by atoms with Crippen molar-refractivity contribution < 1.29 is 9.59 Å². The van der Waals surface area contributed by atoms with Gasteiger partial charge < -0.3 is 14.8 Å². The number of aromatic nitrogens is 2. The second-order valence-electron chi connectivity index (χ2n) is 10.2. The van der Waals surface area contributed by atoms with Crippen LogP contribution in [0.5, 0.6) is 0 Å². The highest BCUT2D eigenvalue weighted by Crippen LogP contribution is 2.43. The number of carbonyl (C=O) groups is 2. The average molecular weight is 452 g/mol. The number of piperidine rings is 3. The Balaban J connectivity index is 1.17. The number of aryl methyl sites for hydroxylation is 1. The lowest BCUT2D eigenvalue weighted by Gasteiger charge is -2.57. The summed E-state index contributed by atoms with van der Waals surface area (Å²) in [4.78, 5) is 34.6. The molecule has 0 radical (unpaired) electrons. The lowest BCUT2D eigenvalue weighted by molar-refractivity contribution is -0.144. The molecule has 4 heterocycles. The van der Waals surface area contributed by atoms with Crippen molar-refractivity contribution in [2.24, 2.45) is 18.9 Å². The second-order valence-corrected chi connectivity index (χ2v) is 10.2. The van der Waals surface area contributed by atoms with Crippen LogP contribution in [-0.2, 0) is 23.2 Å². The summed E-state index contributed by atoms with van der Waals surface area (Å²) in [6, 6.07) is 8.94. The molecule has 7 heteroatoms. The predicted molar refractivity (Wildman–Crippen MR) is 128 cm³/mol. The minimum Gasteiger partial charge on any atom is -0.349 e. The number of likely N-dealkylation sites (tertiary alicyclic amines) is 1. The maximum Gasteiger partial charge on any atom is 0.220 e. The van der Waals surface area contributed by atoms with E-state index < -0.39 is 0 Å². The van der Waals surface area contributed by atoms with E-state index in [0.29, 0.717) is 30.8 Å². The number of rotatable bonds is 6. The molecule has 5 rings (SSSR count). The highest BCUT2D eigenvalue weighted by Gasteiger charge is 2.48. The maximum atomic E-state index is 12.6. The molecule has 0 unspecified atom stereocenters. The molecule has 1 N–H and O–H groups in total. The number of benzene rings is 1. The van der Waals surface area contributed by atoms with Crippen LogP contribution in [0, 0.1) is 11.8 Å². The molecule has 1 aromatic heterocycles. The first-order valence-electron chi connectivity index (χ1n) is 12.7. The molecule has 0 bridgehead atoms. The number of amides is 2. The monoisotopic (exact) mass is 451 g/mol. The minimum atomic E-state index is 0.0630. The predicted octanol–water partition coefficient (Wildman–Crippen LogP) is 3.08. The summed E-state index contributed by atoms with van der Waals surface area (Å²) in [7, 11) is 1.99. The van der Waals surface area contributed by atoms with Crippen molar-refractivity contribution in [1.29, 1.82) is 0 Å². The van der Waals surface area contributed by atoms with Gasteiger partial charge in [0, 0.05) is 39.0 Å². The Morgan fingerprint density at radius 2 is 1.94 bits per heavy atom. The average Bonchev–Trinajstić information content (AvgIpc) is 3.14. The number of imidazole rings is 1. The lowest BCUT2D eigenvalue weighted by atomic mass is 9.69. The summed E-state index contributed by atoms with van der Waals surface area (Å²) in [5.41, 5.74) is 2.03. The zero-order chi connectivity index (χ0) is 22.9. The van der Waals surface area contributed by atoms with Gasteiger partial charge in [0.25, 0.3) is 0 Å². The van der Waals surface area contributed by atoms with Gasteiger partial charge in [-0.25, -0.2) is 4.98 Å². The van der Waals surface area contributed by atoms with Gasteiger partial charge in [0.15, 0.2) is 0 Å². The van der Waals surface area contributed by atoms with Gasteiger partial charge in [-0.2, -0.15) is 0 Å². The Kier molecular flexibility index (Phi) is 6.41. The van der Waals surface area contributed by atoms with Gasteiger partial charge in [-0.15, -0.1) is 0 Å². The van der Waals surface area contributed by atoms with Gasteiger partial charge in [0.1, 0.15) is 5.82 Å². The summed E-state index contributed by atoms with van der Waals surface area (Å²) in [6.45, 7) is 5.50. The number of fused-ring (bicyclic) bond motifs is 1. The Bertz CT molecular complexity index is 1020. The van der Waals surface area contributed by atoms with E-state index in [9.17, 15) is 9.59 Å². The van der Waals surface area contributed by atoms with E-state index in [-0.39, 0.29) is 17.9 Å². The van der Waals surface area contributed by atoms with Crippen LogP contribution in [-0.4, -0.2) is 62.9 Å². The highest BCUT2D eigenvalue weighted by atomic mass is 16.2. The van der Waals surface area contributed by atoms with Crippen LogP contribution < -0.4 is 5.32 Å². The first kappa shape index (κ1) is 22.4.